The summed E-state index contributed by atoms with van der Waals surface area (Å²) in [7, 11) is -9.54. The van der Waals surface area contributed by atoms with Crippen molar-refractivity contribution in [1.29, 1.82) is 0 Å². The van der Waals surface area contributed by atoms with E-state index in [1.165, 1.54) is 0 Å². The van der Waals surface area contributed by atoms with Crippen molar-refractivity contribution in [2.24, 2.45) is 0 Å². The van der Waals surface area contributed by atoms with Gasteiger partial charge in [-0.2, -0.15) is 16.8 Å². The quantitative estimate of drug-likeness (QED) is 0.360. The topological polar surface area (TPSA) is 149 Å². The molecule has 0 aromatic carbocycles. The first-order valence-electron chi connectivity index (χ1n) is 3.06. The Kier molecular flexibility index (Phi) is 4.02. The van der Waals surface area contributed by atoms with Crippen molar-refractivity contribution in [3.63, 3.8) is 0 Å². The fourth-order valence-electron chi connectivity index (χ4n) is 0.429. The first kappa shape index (κ1) is 13.3. The smallest absolute Gasteiger partial charge is 0.327 e. The third kappa shape index (κ3) is 4.53. The van der Waals surface area contributed by atoms with Gasteiger partial charge in [0.25, 0.3) is 10.1 Å². The van der Waals surface area contributed by atoms with E-state index in [9.17, 15) is 16.8 Å². The van der Waals surface area contributed by atoms with Gasteiger partial charge in [0.05, 0.1) is 0 Å². The fraction of sp³-hybridized carbons (Fsp3) is 0.500. The average molecular weight is 248 g/mol. The van der Waals surface area contributed by atoms with Crippen LogP contribution in [0.25, 0.3) is 0 Å². The highest BCUT2D eigenvalue weighted by Gasteiger charge is 2.20. The molecule has 0 aliphatic heterocycles. The summed E-state index contributed by atoms with van der Waals surface area (Å²) in [6.45, 7) is 0. The molecule has 0 aliphatic rings. The molecule has 8 nitrogen and oxygen atoms in total. The molecule has 1 unspecified atom stereocenters. The maximum absolute atomic E-state index is 10.2. The number of rotatable bonds is 4. The second-order valence-electron chi connectivity index (χ2n) is 2.22. The summed E-state index contributed by atoms with van der Waals surface area (Å²) in [5.74, 6) is 0. The molecule has 0 rings (SSSR count). The van der Waals surface area contributed by atoms with Gasteiger partial charge in [0, 0.05) is 6.42 Å². The molecule has 14 heavy (non-hydrogen) atoms. The molecule has 0 aromatic heterocycles. The summed E-state index contributed by atoms with van der Waals surface area (Å²) in [6, 6.07) is 0. The molecule has 0 radical (unpaired) electrons. The first-order valence-corrected chi connectivity index (χ1v) is 6.00. The summed E-state index contributed by atoms with van der Waals surface area (Å²) in [5, 5.41) is 15.7. The molecular weight excluding hydrogens is 240 g/mol. The van der Waals surface area contributed by atoms with Crippen LogP contribution < -0.4 is 0 Å². The van der Waals surface area contributed by atoms with Crippen molar-refractivity contribution in [3.05, 3.63) is 11.2 Å². The third-order valence-electron chi connectivity index (χ3n) is 1.10. The molecule has 1 atom stereocenters. The normalized spacial score (nSPS) is 16.6. The summed E-state index contributed by atoms with van der Waals surface area (Å²) in [6.07, 6.45) is -0.530. The Labute approximate surface area is 80.0 Å². The van der Waals surface area contributed by atoms with Crippen LogP contribution in [0, 0.1) is 0 Å². The summed E-state index contributed by atoms with van der Waals surface area (Å²) in [5.41, 5.74) is -2.26. The Balaban J connectivity index is 4.63. The first-order chi connectivity index (χ1) is 6.05. The van der Waals surface area contributed by atoms with Gasteiger partial charge in [-0.15, -0.1) is 0 Å². The Morgan fingerprint density at radius 3 is 1.93 bits per heavy atom. The van der Waals surface area contributed by atoms with E-state index in [-0.39, 0.29) is 0 Å². The SMILES string of the molecule is O=S(=O)(O)/C(O)=C/CC(O)S(=O)(=O)O. The van der Waals surface area contributed by atoms with E-state index in [1.54, 1.807) is 0 Å². The lowest BCUT2D eigenvalue weighted by Gasteiger charge is -2.02. The lowest BCUT2D eigenvalue weighted by Crippen LogP contribution is -2.19. The number of hydrogen-bond donors (Lipinski definition) is 4. The minimum Gasteiger partial charge on any atom is -0.497 e. The molecule has 0 heterocycles. The van der Waals surface area contributed by atoms with Gasteiger partial charge in [0.15, 0.2) is 5.44 Å². The number of hydrogen-bond acceptors (Lipinski definition) is 6. The molecular formula is C4H8O8S2. The average Bonchev–Trinajstić information content (AvgIpc) is 1.95. The van der Waals surface area contributed by atoms with Crippen molar-refractivity contribution in [3.8, 4) is 0 Å². The Hall–Kier alpha value is -0.680. The molecule has 0 saturated heterocycles. The summed E-state index contributed by atoms with van der Waals surface area (Å²) in [4.78, 5) is 0. The molecule has 0 spiro atoms. The van der Waals surface area contributed by atoms with Crippen LogP contribution in [-0.4, -0.2) is 41.6 Å². The Morgan fingerprint density at radius 1 is 1.21 bits per heavy atom. The van der Waals surface area contributed by atoms with Gasteiger partial charge < -0.3 is 10.2 Å². The van der Waals surface area contributed by atoms with E-state index in [1.807, 2.05) is 0 Å². The highest BCUT2D eigenvalue weighted by Crippen LogP contribution is 2.06. The van der Waals surface area contributed by atoms with Gasteiger partial charge in [-0.25, -0.2) is 0 Å². The molecule has 0 aromatic rings. The van der Waals surface area contributed by atoms with E-state index in [4.69, 9.17) is 19.3 Å². The third-order valence-corrected chi connectivity index (χ3v) is 2.68. The molecule has 84 valence electrons. The zero-order valence-corrected chi connectivity index (χ0v) is 8.23. The van der Waals surface area contributed by atoms with E-state index >= 15 is 0 Å². The van der Waals surface area contributed by atoms with Gasteiger partial charge in [-0.3, -0.25) is 9.11 Å². The monoisotopic (exact) mass is 248 g/mol. The highest BCUT2D eigenvalue weighted by atomic mass is 32.2. The van der Waals surface area contributed by atoms with Crippen LogP contribution >= 0.6 is 0 Å². The fourth-order valence-corrected chi connectivity index (χ4v) is 1.07. The Bertz CT molecular complexity index is 414. The predicted molar refractivity (Wildman–Crippen MR) is 44.4 cm³/mol. The van der Waals surface area contributed by atoms with Crippen LogP contribution in [0.5, 0.6) is 0 Å². The van der Waals surface area contributed by atoms with Crippen LogP contribution in [0.3, 0.4) is 0 Å². The van der Waals surface area contributed by atoms with Gasteiger partial charge in [-0.05, 0) is 6.08 Å². The molecule has 0 amide bonds. The van der Waals surface area contributed by atoms with Crippen LogP contribution in [0.1, 0.15) is 6.42 Å². The molecule has 0 saturated carbocycles. The van der Waals surface area contributed by atoms with Gasteiger partial charge in [-0.1, -0.05) is 0 Å². The maximum Gasteiger partial charge on any atom is 0.327 e. The van der Waals surface area contributed by atoms with Gasteiger partial charge in [0.2, 0.25) is 5.09 Å². The van der Waals surface area contributed by atoms with Crippen LogP contribution in [0.2, 0.25) is 0 Å². The molecule has 0 aliphatic carbocycles. The van der Waals surface area contributed by atoms with Crippen molar-refractivity contribution in [1.82, 2.24) is 0 Å². The van der Waals surface area contributed by atoms with Crippen molar-refractivity contribution < 1.29 is 36.2 Å². The second-order valence-corrected chi connectivity index (χ2v) is 5.17. The lowest BCUT2D eigenvalue weighted by molar-refractivity contribution is 0.235. The van der Waals surface area contributed by atoms with E-state index in [2.05, 4.69) is 0 Å². The molecule has 0 bridgehead atoms. The molecule has 4 N–H and O–H groups in total. The lowest BCUT2D eigenvalue weighted by atomic mass is 10.4. The summed E-state index contributed by atoms with van der Waals surface area (Å²) >= 11 is 0. The number of aliphatic hydroxyl groups is 2. The predicted octanol–water partition coefficient (Wildman–Crippen LogP) is -1.13. The van der Waals surface area contributed by atoms with Gasteiger partial charge >= 0.3 is 10.1 Å². The van der Waals surface area contributed by atoms with E-state index in [0.717, 1.165) is 0 Å². The van der Waals surface area contributed by atoms with Crippen molar-refractivity contribution in [2.45, 2.75) is 11.9 Å². The second kappa shape index (κ2) is 4.23. The van der Waals surface area contributed by atoms with Crippen LogP contribution in [-0.2, 0) is 20.2 Å². The van der Waals surface area contributed by atoms with Crippen LogP contribution in [0.15, 0.2) is 11.2 Å². The van der Waals surface area contributed by atoms with E-state index in [0.29, 0.717) is 6.08 Å². The van der Waals surface area contributed by atoms with Gasteiger partial charge in [0.1, 0.15) is 0 Å². The maximum atomic E-state index is 10.2. The van der Waals surface area contributed by atoms with Crippen LogP contribution in [0.4, 0.5) is 0 Å². The largest absolute Gasteiger partial charge is 0.497 e. The van der Waals surface area contributed by atoms with Crippen molar-refractivity contribution >= 4 is 20.2 Å². The van der Waals surface area contributed by atoms with E-state index < -0.39 is 37.2 Å². The summed E-state index contributed by atoms with van der Waals surface area (Å²) < 4.78 is 57.0. The minimum atomic E-state index is -4.81. The standard InChI is InChI=1S/C4H8O8S2/c5-3(13(7,8)9)1-2-4(6)14(10,11)12/h1,4-6H,2H2,(H,7,8,9)(H,10,11,12)/b3-1+. The van der Waals surface area contributed by atoms with Crippen molar-refractivity contribution in [2.75, 3.05) is 0 Å². The zero-order valence-electron chi connectivity index (χ0n) is 6.60. The zero-order chi connectivity index (χ0) is 11.6. The molecule has 0 fully saturated rings. The highest BCUT2D eigenvalue weighted by molar-refractivity contribution is 7.89. The Morgan fingerprint density at radius 2 is 1.64 bits per heavy atom. The molecule has 10 heteroatoms. The minimum absolute atomic E-state index is 0.341. The number of aliphatic hydroxyl groups excluding tert-OH is 2.